The van der Waals surface area contributed by atoms with Crippen molar-refractivity contribution >= 4 is 5.91 Å². The van der Waals surface area contributed by atoms with Crippen LogP contribution in [0.4, 0.5) is 0 Å². The monoisotopic (exact) mass is 236 g/mol. The molecule has 0 radical (unpaired) electrons. The smallest absolute Gasteiger partial charge is 0.223 e. The molecule has 3 N–H and O–H groups in total. The van der Waals surface area contributed by atoms with Crippen LogP contribution in [0.1, 0.15) is 51.4 Å². The van der Waals surface area contributed by atoms with Crippen LogP contribution in [0.5, 0.6) is 0 Å². The molecule has 3 rings (SSSR count). The van der Waals surface area contributed by atoms with Crippen molar-refractivity contribution in [1.82, 2.24) is 5.32 Å². The van der Waals surface area contributed by atoms with Gasteiger partial charge in [-0.1, -0.05) is 6.42 Å². The molecule has 2 bridgehead atoms. The van der Waals surface area contributed by atoms with Crippen LogP contribution >= 0.6 is 0 Å². The first-order chi connectivity index (χ1) is 8.24. The van der Waals surface area contributed by atoms with Crippen LogP contribution < -0.4 is 11.1 Å². The van der Waals surface area contributed by atoms with E-state index in [0.717, 1.165) is 12.8 Å². The van der Waals surface area contributed by atoms with Gasteiger partial charge in [0, 0.05) is 18.0 Å². The van der Waals surface area contributed by atoms with E-state index in [1.807, 2.05) is 0 Å². The van der Waals surface area contributed by atoms with E-state index >= 15 is 0 Å². The molecule has 3 nitrogen and oxygen atoms in total. The first-order valence-electron chi connectivity index (χ1n) is 7.30. The summed E-state index contributed by atoms with van der Waals surface area (Å²) in [7, 11) is 0. The quantitative estimate of drug-likeness (QED) is 0.768. The molecule has 3 aliphatic rings. The Labute approximate surface area is 104 Å². The van der Waals surface area contributed by atoms with Gasteiger partial charge in [-0.2, -0.15) is 0 Å². The van der Waals surface area contributed by atoms with Crippen LogP contribution in [0, 0.1) is 17.8 Å². The third kappa shape index (κ3) is 2.22. The van der Waals surface area contributed by atoms with E-state index in [0.29, 0.717) is 29.8 Å². The Morgan fingerprint density at radius 2 is 1.59 bits per heavy atom. The lowest BCUT2D eigenvalue weighted by molar-refractivity contribution is -0.129. The molecule has 0 aliphatic heterocycles. The minimum Gasteiger partial charge on any atom is -0.353 e. The topological polar surface area (TPSA) is 55.1 Å². The van der Waals surface area contributed by atoms with Gasteiger partial charge in [-0.3, -0.25) is 4.79 Å². The summed E-state index contributed by atoms with van der Waals surface area (Å²) in [6, 6.07) is 0.856. The minimum absolute atomic E-state index is 0.255. The van der Waals surface area contributed by atoms with Crippen molar-refractivity contribution in [3.63, 3.8) is 0 Å². The molecule has 0 saturated heterocycles. The molecule has 96 valence electrons. The van der Waals surface area contributed by atoms with Gasteiger partial charge in [0.2, 0.25) is 5.91 Å². The van der Waals surface area contributed by atoms with Gasteiger partial charge in [0.15, 0.2) is 0 Å². The zero-order valence-corrected chi connectivity index (χ0v) is 10.5. The molecule has 17 heavy (non-hydrogen) atoms. The summed E-state index contributed by atoms with van der Waals surface area (Å²) < 4.78 is 0. The lowest BCUT2D eigenvalue weighted by Gasteiger charge is -2.44. The Morgan fingerprint density at radius 3 is 2.12 bits per heavy atom. The molecule has 0 spiro atoms. The van der Waals surface area contributed by atoms with E-state index in [9.17, 15) is 4.79 Å². The normalized spacial score (nSPS) is 41.7. The number of amides is 1. The Bertz CT molecular complexity index is 287. The predicted octanol–water partition coefficient (Wildman–Crippen LogP) is 1.81. The number of hydrogen-bond acceptors (Lipinski definition) is 2. The number of carbonyl (C=O) groups is 1. The maximum atomic E-state index is 12.2. The van der Waals surface area contributed by atoms with E-state index in [2.05, 4.69) is 5.32 Å². The molecule has 3 saturated carbocycles. The molecule has 1 amide bonds. The predicted molar refractivity (Wildman–Crippen MR) is 67.3 cm³/mol. The molecular formula is C14H24N2O. The van der Waals surface area contributed by atoms with E-state index in [4.69, 9.17) is 5.73 Å². The fourth-order valence-corrected chi connectivity index (χ4v) is 3.87. The Kier molecular flexibility index (Phi) is 3.12. The van der Waals surface area contributed by atoms with Crippen molar-refractivity contribution in [3.8, 4) is 0 Å². The molecule has 0 aromatic rings. The van der Waals surface area contributed by atoms with Gasteiger partial charge in [-0.25, -0.2) is 0 Å². The largest absolute Gasteiger partial charge is 0.353 e. The van der Waals surface area contributed by atoms with Gasteiger partial charge in [-0.15, -0.1) is 0 Å². The summed E-state index contributed by atoms with van der Waals surface area (Å²) in [6.07, 6.45) is 9.53. The second kappa shape index (κ2) is 4.60. The van der Waals surface area contributed by atoms with Crippen molar-refractivity contribution < 1.29 is 4.79 Å². The Morgan fingerprint density at radius 1 is 1.00 bits per heavy atom. The third-order valence-electron chi connectivity index (χ3n) is 5.24. The first-order valence-corrected chi connectivity index (χ1v) is 7.30. The fraction of sp³-hybridized carbons (Fsp3) is 0.929. The van der Waals surface area contributed by atoms with Gasteiger partial charge in [0.05, 0.1) is 0 Å². The molecular weight excluding hydrogens is 212 g/mol. The van der Waals surface area contributed by atoms with Crippen LogP contribution in [0.15, 0.2) is 0 Å². The van der Waals surface area contributed by atoms with Gasteiger partial charge in [0.1, 0.15) is 0 Å². The molecule has 0 aromatic heterocycles. The van der Waals surface area contributed by atoms with E-state index < -0.39 is 0 Å². The average molecular weight is 236 g/mol. The highest BCUT2D eigenvalue weighted by Gasteiger charge is 2.40. The highest BCUT2D eigenvalue weighted by molar-refractivity contribution is 5.79. The summed E-state index contributed by atoms with van der Waals surface area (Å²) in [5, 5.41) is 3.21. The van der Waals surface area contributed by atoms with Crippen LogP contribution in [0.3, 0.4) is 0 Å². The standard InChI is InChI=1S/C14H24N2O/c15-13-9-3-1-4-10(13)8-11(7-9)14(17)16-12-5-2-6-12/h9-13H,1-8,15H2,(H,16,17). The van der Waals surface area contributed by atoms with Crippen LogP contribution in [-0.4, -0.2) is 18.0 Å². The lowest BCUT2D eigenvalue weighted by Crippen LogP contribution is -2.50. The number of rotatable bonds is 2. The Hall–Kier alpha value is -0.570. The molecule has 0 aromatic carbocycles. The number of nitrogens with two attached hydrogens (primary N) is 1. The first kappa shape index (κ1) is 11.5. The number of carbonyl (C=O) groups excluding carboxylic acids is 1. The number of hydrogen-bond donors (Lipinski definition) is 2. The summed E-state index contributed by atoms with van der Waals surface area (Å²) in [5.74, 6) is 1.79. The highest BCUT2D eigenvalue weighted by atomic mass is 16.1. The van der Waals surface area contributed by atoms with Crippen molar-refractivity contribution in [2.45, 2.75) is 63.5 Å². The second-order valence-corrected chi connectivity index (χ2v) is 6.33. The zero-order chi connectivity index (χ0) is 11.8. The zero-order valence-electron chi connectivity index (χ0n) is 10.5. The summed E-state index contributed by atoms with van der Waals surface area (Å²) in [4.78, 5) is 12.2. The minimum atomic E-state index is 0.255. The summed E-state index contributed by atoms with van der Waals surface area (Å²) in [5.41, 5.74) is 6.25. The number of fused-ring (bicyclic) bond motifs is 2. The second-order valence-electron chi connectivity index (χ2n) is 6.33. The average Bonchev–Trinajstić information content (AvgIpc) is 2.22. The molecule has 3 aliphatic carbocycles. The van der Waals surface area contributed by atoms with Gasteiger partial charge < -0.3 is 11.1 Å². The van der Waals surface area contributed by atoms with Crippen LogP contribution in [0.25, 0.3) is 0 Å². The molecule has 2 unspecified atom stereocenters. The van der Waals surface area contributed by atoms with Crippen molar-refractivity contribution in [1.29, 1.82) is 0 Å². The molecule has 2 atom stereocenters. The third-order valence-corrected chi connectivity index (χ3v) is 5.24. The Balaban J connectivity index is 1.58. The van der Waals surface area contributed by atoms with E-state index in [-0.39, 0.29) is 5.92 Å². The van der Waals surface area contributed by atoms with E-state index in [1.165, 1.54) is 38.5 Å². The van der Waals surface area contributed by atoms with Crippen molar-refractivity contribution in [2.24, 2.45) is 23.5 Å². The summed E-state index contributed by atoms with van der Waals surface area (Å²) >= 11 is 0. The van der Waals surface area contributed by atoms with Gasteiger partial charge >= 0.3 is 0 Å². The maximum Gasteiger partial charge on any atom is 0.223 e. The lowest BCUT2D eigenvalue weighted by atomic mass is 9.65. The highest BCUT2D eigenvalue weighted by Crippen LogP contribution is 2.42. The maximum absolute atomic E-state index is 12.2. The summed E-state index contributed by atoms with van der Waals surface area (Å²) in [6.45, 7) is 0. The van der Waals surface area contributed by atoms with Crippen molar-refractivity contribution in [3.05, 3.63) is 0 Å². The SMILES string of the molecule is NC1C2CCCC1CC(C(=O)NC1CCC1)C2. The van der Waals surface area contributed by atoms with E-state index in [1.54, 1.807) is 0 Å². The van der Waals surface area contributed by atoms with Crippen LogP contribution in [-0.2, 0) is 4.79 Å². The fourth-order valence-electron chi connectivity index (χ4n) is 3.87. The van der Waals surface area contributed by atoms with Gasteiger partial charge in [-0.05, 0) is 56.8 Å². The molecule has 3 fully saturated rings. The number of nitrogens with one attached hydrogen (secondary N) is 1. The van der Waals surface area contributed by atoms with Gasteiger partial charge in [0.25, 0.3) is 0 Å². The molecule has 0 heterocycles. The van der Waals surface area contributed by atoms with Crippen LogP contribution in [0.2, 0.25) is 0 Å². The van der Waals surface area contributed by atoms with Crippen molar-refractivity contribution in [2.75, 3.05) is 0 Å². The molecule has 3 heteroatoms.